The highest BCUT2D eigenvalue weighted by molar-refractivity contribution is 8.00. The maximum atomic E-state index is 11.8. The van der Waals surface area contributed by atoms with Gasteiger partial charge in [-0.15, -0.1) is 5.10 Å². The van der Waals surface area contributed by atoms with Gasteiger partial charge >= 0.3 is 6.03 Å². The van der Waals surface area contributed by atoms with Crippen molar-refractivity contribution < 1.29 is 9.59 Å². The molecule has 1 fully saturated rings. The number of aromatic amines is 1. The molecule has 3 N–H and O–H groups in total. The zero-order valence-corrected chi connectivity index (χ0v) is 11.7. The van der Waals surface area contributed by atoms with Gasteiger partial charge in [0.1, 0.15) is 5.82 Å². The van der Waals surface area contributed by atoms with E-state index in [0.29, 0.717) is 5.16 Å². The van der Waals surface area contributed by atoms with Crippen molar-refractivity contribution in [2.75, 3.05) is 0 Å². The first-order chi connectivity index (χ1) is 9.08. The summed E-state index contributed by atoms with van der Waals surface area (Å²) in [6, 6.07) is -0.194. The number of carbonyl (C=O) groups excluding carboxylic acids is 2. The summed E-state index contributed by atoms with van der Waals surface area (Å²) >= 11 is 1.22. The van der Waals surface area contributed by atoms with Crippen LogP contribution in [0.5, 0.6) is 0 Å². The topological polar surface area (TPSA) is 99.8 Å². The Labute approximate surface area is 115 Å². The SMILES string of the molecule is CCc1nc(SC(C)C(=O)NC(=O)NC2CC2)n[nH]1. The Morgan fingerprint density at radius 2 is 2.26 bits per heavy atom. The molecule has 1 unspecified atom stereocenters. The highest BCUT2D eigenvalue weighted by Gasteiger charge is 2.25. The minimum absolute atomic E-state index is 0.232. The number of thioether (sulfide) groups is 1. The predicted octanol–water partition coefficient (Wildman–Crippen LogP) is 0.836. The number of urea groups is 1. The molecule has 1 atom stereocenters. The number of hydrogen-bond donors (Lipinski definition) is 3. The molecule has 1 heterocycles. The minimum Gasteiger partial charge on any atom is -0.335 e. The van der Waals surface area contributed by atoms with Crippen molar-refractivity contribution in [3.8, 4) is 0 Å². The van der Waals surface area contributed by atoms with E-state index in [-0.39, 0.29) is 11.9 Å². The van der Waals surface area contributed by atoms with Crippen LogP contribution in [0, 0.1) is 0 Å². The predicted molar refractivity (Wildman–Crippen MR) is 70.8 cm³/mol. The average molecular weight is 283 g/mol. The van der Waals surface area contributed by atoms with Crippen molar-refractivity contribution in [2.24, 2.45) is 0 Å². The maximum absolute atomic E-state index is 11.8. The van der Waals surface area contributed by atoms with Crippen molar-refractivity contribution in [1.82, 2.24) is 25.8 Å². The normalized spacial score (nSPS) is 15.9. The van der Waals surface area contributed by atoms with Crippen molar-refractivity contribution in [3.63, 3.8) is 0 Å². The van der Waals surface area contributed by atoms with Crippen LogP contribution >= 0.6 is 11.8 Å². The number of rotatable bonds is 5. The van der Waals surface area contributed by atoms with E-state index in [0.717, 1.165) is 25.1 Å². The van der Waals surface area contributed by atoms with Gasteiger partial charge in [0.25, 0.3) is 0 Å². The number of aryl methyl sites for hydroxylation is 1. The Bertz CT molecular complexity index is 471. The highest BCUT2D eigenvalue weighted by Crippen LogP contribution is 2.20. The van der Waals surface area contributed by atoms with Gasteiger partial charge in [0.05, 0.1) is 5.25 Å². The first-order valence-corrected chi connectivity index (χ1v) is 7.15. The number of aromatic nitrogens is 3. The second-order valence-electron chi connectivity index (χ2n) is 4.42. The maximum Gasteiger partial charge on any atom is 0.321 e. The summed E-state index contributed by atoms with van der Waals surface area (Å²) in [7, 11) is 0. The second-order valence-corrected chi connectivity index (χ2v) is 5.72. The molecular formula is C11H17N5O2S. The number of hydrogen-bond acceptors (Lipinski definition) is 5. The molecule has 104 valence electrons. The Morgan fingerprint density at radius 3 is 2.84 bits per heavy atom. The van der Waals surface area contributed by atoms with Crippen LogP contribution in [0.2, 0.25) is 0 Å². The van der Waals surface area contributed by atoms with Crippen LogP contribution in [0.4, 0.5) is 4.79 Å². The van der Waals surface area contributed by atoms with Crippen molar-refractivity contribution in [1.29, 1.82) is 0 Å². The van der Waals surface area contributed by atoms with E-state index in [4.69, 9.17) is 0 Å². The zero-order valence-electron chi connectivity index (χ0n) is 10.9. The summed E-state index contributed by atoms with van der Waals surface area (Å²) in [5.41, 5.74) is 0. The first kappa shape index (κ1) is 13.9. The summed E-state index contributed by atoms with van der Waals surface area (Å²) in [4.78, 5) is 27.4. The van der Waals surface area contributed by atoms with Crippen LogP contribution < -0.4 is 10.6 Å². The summed E-state index contributed by atoms with van der Waals surface area (Å²) in [6.45, 7) is 3.68. The molecule has 8 heteroatoms. The number of imide groups is 1. The lowest BCUT2D eigenvalue weighted by atomic mass is 10.4. The van der Waals surface area contributed by atoms with E-state index in [2.05, 4.69) is 25.8 Å². The van der Waals surface area contributed by atoms with E-state index in [1.165, 1.54) is 11.8 Å². The largest absolute Gasteiger partial charge is 0.335 e. The molecule has 2 rings (SSSR count). The molecule has 3 amide bonds. The Kier molecular flexibility index (Phi) is 4.41. The molecule has 0 aromatic carbocycles. The first-order valence-electron chi connectivity index (χ1n) is 6.27. The second kappa shape index (κ2) is 6.05. The Balaban J connectivity index is 1.79. The lowest BCUT2D eigenvalue weighted by Gasteiger charge is -2.09. The Hall–Kier alpha value is -1.57. The van der Waals surface area contributed by atoms with Gasteiger partial charge in [-0.1, -0.05) is 18.7 Å². The number of carbonyl (C=O) groups is 2. The molecule has 7 nitrogen and oxygen atoms in total. The summed E-state index contributed by atoms with van der Waals surface area (Å²) in [5.74, 6) is 0.438. The number of nitrogens with one attached hydrogen (secondary N) is 3. The molecule has 1 aliphatic rings. The van der Waals surface area contributed by atoms with Crippen LogP contribution in [0.3, 0.4) is 0 Å². The van der Waals surface area contributed by atoms with E-state index < -0.39 is 11.3 Å². The molecule has 1 aromatic rings. The average Bonchev–Trinajstić information content (AvgIpc) is 3.05. The molecule has 1 aromatic heterocycles. The van der Waals surface area contributed by atoms with Gasteiger partial charge in [-0.25, -0.2) is 9.78 Å². The van der Waals surface area contributed by atoms with Crippen LogP contribution in [0.1, 0.15) is 32.5 Å². The third kappa shape index (κ3) is 4.23. The fourth-order valence-electron chi connectivity index (χ4n) is 1.36. The molecule has 0 radical (unpaired) electrons. The fraction of sp³-hybridized carbons (Fsp3) is 0.636. The zero-order chi connectivity index (χ0) is 13.8. The van der Waals surface area contributed by atoms with Gasteiger partial charge in [-0.05, 0) is 19.8 Å². The van der Waals surface area contributed by atoms with E-state index in [1.807, 2.05) is 6.92 Å². The number of H-pyrrole nitrogens is 1. The van der Waals surface area contributed by atoms with Crippen molar-refractivity contribution in [3.05, 3.63) is 5.82 Å². The molecule has 0 spiro atoms. The molecule has 0 aliphatic heterocycles. The molecular weight excluding hydrogens is 266 g/mol. The Morgan fingerprint density at radius 1 is 1.53 bits per heavy atom. The van der Waals surface area contributed by atoms with Gasteiger partial charge in [0.2, 0.25) is 11.1 Å². The third-order valence-electron chi connectivity index (χ3n) is 2.65. The number of amides is 3. The standard InChI is InChI=1S/C11H17N5O2S/c1-3-8-13-11(16-15-8)19-6(2)9(17)14-10(18)12-7-4-5-7/h6-7H,3-5H2,1-2H3,(H,13,15,16)(H2,12,14,17,18). The number of nitrogens with zero attached hydrogens (tertiary/aromatic N) is 2. The van der Waals surface area contributed by atoms with Crippen LogP contribution in [0.15, 0.2) is 5.16 Å². The molecule has 0 bridgehead atoms. The lowest BCUT2D eigenvalue weighted by Crippen LogP contribution is -2.43. The highest BCUT2D eigenvalue weighted by atomic mass is 32.2. The molecule has 19 heavy (non-hydrogen) atoms. The van der Waals surface area contributed by atoms with Gasteiger partial charge in [-0.2, -0.15) is 0 Å². The van der Waals surface area contributed by atoms with Gasteiger partial charge in [0, 0.05) is 12.5 Å². The molecule has 0 saturated heterocycles. The summed E-state index contributed by atoms with van der Waals surface area (Å²) < 4.78 is 0. The van der Waals surface area contributed by atoms with Crippen molar-refractivity contribution >= 4 is 23.7 Å². The van der Waals surface area contributed by atoms with E-state index in [9.17, 15) is 9.59 Å². The van der Waals surface area contributed by atoms with Gasteiger partial charge in [-0.3, -0.25) is 15.2 Å². The summed E-state index contributed by atoms with van der Waals surface area (Å²) in [5, 5.41) is 11.9. The quantitative estimate of drug-likeness (QED) is 0.695. The summed E-state index contributed by atoms with van der Waals surface area (Å²) in [6.07, 6.45) is 2.74. The lowest BCUT2D eigenvalue weighted by molar-refractivity contribution is -0.119. The van der Waals surface area contributed by atoms with Crippen LogP contribution in [-0.2, 0) is 11.2 Å². The fourth-order valence-corrected chi connectivity index (χ4v) is 2.11. The van der Waals surface area contributed by atoms with Crippen LogP contribution in [0.25, 0.3) is 0 Å². The smallest absolute Gasteiger partial charge is 0.321 e. The molecule has 1 aliphatic carbocycles. The third-order valence-corrected chi connectivity index (χ3v) is 3.61. The van der Waals surface area contributed by atoms with Gasteiger partial charge < -0.3 is 5.32 Å². The molecule has 1 saturated carbocycles. The van der Waals surface area contributed by atoms with E-state index in [1.54, 1.807) is 6.92 Å². The van der Waals surface area contributed by atoms with Crippen LogP contribution in [-0.4, -0.2) is 38.4 Å². The monoisotopic (exact) mass is 283 g/mol. The minimum atomic E-state index is -0.427. The van der Waals surface area contributed by atoms with E-state index >= 15 is 0 Å². The van der Waals surface area contributed by atoms with Gasteiger partial charge in [0.15, 0.2) is 0 Å². The van der Waals surface area contributed by atoms with Crippen molar-refractivity contribution in [2.45, 2.75) is 49.6 Å².